The number of hydrogen-bond donors (Lipinski definition) is 1. The van der Waals surface area contributed by atoms with Crippen molar-refractivity contribution >= 4 is 22.8 Å². The quantitative estimate of drug-likeness (QED) is 0.350. The van der Waals surface area contributed by atoms with Crippen LogP contribution in [0.15, 0.2) is 78.0 Å². The highest BCUT2D eigenvalue weighted by atomic mass is 16.6. The summed E-state index contributed by atoms with van der Waals surface area (Å²) in [5.41, 5.74) is 2.60. The molecule has 3 aromatic carbocycles. The maximum absolute atomic E-state index is 13.4. The molecule has 1 atom stereocenters. The van der Waals surface area contributed by atoms with Gasteiger partial charge in [0.2, 0.25) is 0 Å². The number of urea groups is 1. The van der Waals surface area contributed by atoms with Gasteiger partial charge in [-0.3, -0.25) is 4.90 Å². The number of nitrogens with zero attached hydrogens (tertiary/aromatic N) is 1. The molecule has 0 aromatic heterocycles. The molecule has 0 saturated heterocycles. The second kappa shape index (κ2) is 11.1. The van der Waals surface area contributed by atoms with Crippen LogP contribution >= 0.6 is 0 Å². The maximum Gasteiger partial charge on any atom is 0.338 e. The average Bonchev–Trinajstić information content (AvgIpc) is 2.87. The van der Waals surface area contributed by atoms with Crippen LogP contribution in [-0.2, 0) is 20.8 Å². The standard InChI is InChI=1S/C28H30N2O5/c1-4-34-23-15-14-21-12-8-9-13-22(21)25(23)26-24(27(31)35-17-16-33-3)19(2)30(28(32)29-26)18-20-10-6-5-7-11-20/h5-15,26H,4,16-18H2,1-3H3,(H,29,32). The predicted octanol–water partition coefficient (Wildman–Crippen LogP) is 4.97. The number of ether oxygens (including phenoxy) is 3. The lowest BCUT2D eigenvalue weighted by atomic mass is 9.90. The number of rotatable bonds is 9. The molecule has 1 heterocycles. The largest absolute Gasteiger partial charge is 0.493 e. The number of nitrogens with one attached hydrogen (secondary N) is 1. The van der Waals surface area contributed by atoms with Crippen LogP contribution < -0.4 is 10.1 Å². The van der Waals surface area contributed by atoms with Gasteiger partial charge in [-0.25, -0.2) is 9.59 Å². The first-order valence-electron chi connectivity index (χ1n) is 11.7. The third kappa shape index (κ3) is 5.15. The Morgan fingerprint density at radius 2 is 1.74 bits per heavy atom. The van der Waals surface area contributed by atoms with E-state index in [1.807, 2.05) is 73.7 Å². The van der Waals surface area contributed by atoms with Crippen LogP contribution in [0.2, 0.25) is 0 Å². The molecule has 35 heavy (non-hydrogen) atoms. The van der Waals surface area contributed by atoms with Gasteiger partial charge in [-0.2, -0.15) is 0 Å². The molecule has 1 N–H and O–H groups in total. The maximum atomic E-state index is 13.4. The van der Waals surface area contributed by atoms with Gasteiger partial charge < -0.3 is 19.5 Å². The summed E-state index contributed by atoms with van der Waals surface area (Å²) in [6.07, 6.45) is 0. The minimum Gasteiger partial charge on any atom is -0.493 e. The molecule has 182 valence electrons. The van der Waals surface area contributed by atoms with Crippen molar-refractivity contribution in [3.8, 4) is 5.75 Å². The molecular formula is C28H30N2O5. The van der Waals surface area contributed by atoms with E-state index in [9.17, 15) is 9.59 Å². The first kappa shape index (κ1) is 24.3. The van der Waals surface area contributed by atoms with Crippen LogP contribution in [0.1, 0.15) is 31.0 Å². The highest BCUT2D eigenvalue weighted by molar-refractivity contribution is 5.98. The Morgan fingerprint density at radius 1 is 1.00 bits per heavy atom. The fraction of sp³-hybridized carbons (Fsp3) is 0.286. The number of methoxy groups -OCH3 is 1. The van der Waals surface area contributed by atoms with Crippen LogP contribution in [0, 0.1) is 0 Å². The normalized spacial score (nSPS) is 15.8. The molecule has 0 bridgehead atoms. The molecule has 1 aliphatic rings. The highest BCUT2D eigenvalue weighted by Gasteiger charge is 2.38. The van der Waals surface area contributed by atoms with E-state index in [1.54, 1.807) is 18.9 Å². The van der Waals surface area contributed by atoms with Gasteiger partial charge >= 0.3 is 12.0 Å². The molecule has 1 unspecified atom stereocenters. The van der Waals surface area contributed by atoms with Crippen molar-refractivity contribution < 1.29 is 23.8 Å². The molecule has 7 heteroatoms. The Bertz CT molecular complexity index is 1240. The fourth-order valence-electron chi connectivity index (χ4n) is 4.37. The fourth-order valence-corrected chi connectivity index (χ4v) is 4.37. The van der Waals surface area contributed by atoms with Crippen LogP contribution in [0.3, 0.4) is 0 Å². The van der Waals surface area contributed by atoms with Gasteiger partial charge in [0.15, 0.2) is 0 Å². The smallest absolute Gasteiger partial charge is 0.338 e. The number of allylic oxidation sites excluding steroid dienone is 1. The topological polar surface area (TPSA) is 77.1 Å². The van der Waals surface area contributed by atoms with Gasteiger partial charge in [-0.05, 0) is 36.2 Å². The first-order valence-corrected chi connectivity index (χ1v) is 11.7. The number of fused-ring (bicyclic) bond motifs is 1. The van der Waals surface area contributed by atoms with E-state index in [0.717, 1.165) is 21.9 Å². The summed E-state index contributed by atoms with van der Waals surface area (Å²) in [5, 5.41) is 4.94. The Kier molecular flexibility index (Phi) is 7.67. The lowest BCUT2D eigenvalue weighted by Crippen LogP contribution is -2.47. The molecule has 7 nitrogen and oxygen atoms in total. The monoisotopic (exact) mass is 474 g/mol. The molecule has 0 fully saturated rings. The summed E-state index contributed by atoms with van der Waals surface area (Å²) < 4.78 is 16.6. The zero-order valence-electron chi connectivity index (χ0n) is 20.2. The van der Waals surface area contributed by atoms with E-state index < -0.39 is 12.0 Å². The van der Waals surface area contributed by atoms with Crippen molar-refractivity contribution in [3.05, 3.63) is 89.1 Å². The van der Waals surface area contributed by atoms with Gasteiger partial charge in [-0.1, -0.05) is 60.7 Å². The Labute approximate surface area is 205 Å². The number of benzene rings is 3. The first-order chi connectivity index (χ1) is 17.0. The number of hydrogen-bond acceptors (Lipinski definition) is 5. The van der Waals surface area contributed by atoms with E-state index >= 15 is 0 Å². The summed E-state index contributed by atoms with van der Waals surface area (Å²) in [6.45, 7) is 4.85. The zero-order valence-corrected chi connectivity index (χ0v) is 20.2. The minimum absolute atomic E-state index is 0.110. The second-order valence-electron chi connectivity index (χ2n) is 8.21. The number of carbonyl (C=O) groups excluding carboxylic acids is 2. The predicted molar refractivity (Wildman–Crippen MR) is 134 cm³/mol. The Morgan fingerprint density at radius 3 is 2.49 bits per heavy atom. The minimum atomic E-state index is -0.739. The van der Waals surface area contributed by atoms with Gasteiger partial charge in [-0.15, -0.1) is 0 Å². The van der Waals surface area contributed by atoms with Crippen LogP contribution in [0.25, 0.3) is 10.8 Å². The summed E-state index contributed by atoms with van der Waals surface area (Å²) >= 11 is 0. The number of esters is 1. The molecule has 0 radical (unpaired) electrons. The molecule has 3 aromatic rings. The summed E-state index contributed by atoms with van der Waals surface area (Å²) in [4.78, 5) is 28.4. The van der Waals surface area contributed by atoms with Gasteiger partial charge in [0.1, 0.15) is 12.4 Å². The molecule has 0 saturated carbocycles. The van der Waals surface area contributed by atoms with Crippen LogP contribution in [0.4, 0.5) is 4.79 Å². The molecule has 4 rings (SSSR count). The Hall–Kier alpha value is -3.84. The van der Waals surface area contributed by atoms with Crippen molar-refractivity contribution in [1.29, 1.82) is 0 Å². The summed E-state index contributed by atoms with van der Waals surface area (Å²) in [6, 6.07) is 20.3. The van der Waals surface area contributed by atoms with Gasteiger partial charge in [0.05, 0.1) is 31.4 Å². The average molecular weight is 475 g/mol. The van der Waals surface area contributed by atoms with Crippen molar-refractivity contribution in [1.82, 2.24) is 10.2 Å². The van der Waals surface area contributed by atoms with Crippen molar-refractivity contribution in [2.24, 2.45) is 0 Å². The molecule has 2 amide bonds. The van der Waals surface area contributed by atoms with E-state index in [0.29, 0.717) is 30.2 Å². The molecule has 0 aliphatic carbocycles. The van der Waals surface area contributed by atoms with Crippen molar-refractivity contribution in [3.63, 3.8) is 0 Å². The van der Waals surface area contributed by atoms with E-state index in [4.69, 9.17) is 14.2 Å². The molecule has 0 spiro atoms. The van der Waals surface area contributed by atoms with E-state index in [-0.39, 0.29) is 19.2 Å². The van der Waals surface area contributed by atoms with E-state index in [1.165, 1.54) is 0 Å². The van der Waals surface area contributed by atoms with Gasteiger partial charge in [0.25, 0.3) is 0 Å². The van der Waals surface area contributed by atoms with E-state index in [2.05, 4.69) is 5.32 Å². The SMILES string of the molecule is CCOc1ccc2ccccc2c1C1NC(=O)N(Cc2ccccc2)C(C)=C1C(=O)OCCOC. The van der Waals surface area contributed by atoms with Crippen LogP contribution in [-0.4, -0.2) is 43.8 Å². The lowest BCUT2D eigenvalue weighted by Gasteiger charge is -2.36. The molecule has 1 aliphatic heterocycles. The van der Waals surface area contributed by atoms with Gasteiger partial charge in [0, 0.05) is 18.4 Å². The van der Waals surface area contributed by atoms with Crippen LogP contribution in [0.5, 0.6) is 5.75 Å². The zero-order chi connectivity index (χ0) is 24.8. The second-order valence-corrected chi connectivity index (χ2v) is 8.21. The number of amides is 2. The summed E-state index contributed by atoms with van der Waals surface area (Å²) in [7, 11) is 1.55. The van der Waals surface area contributed by atoms with Crippen molar-refractivity contribution in [2.75, 3.05) is 26.9 Å². The molecular weight excluding hydrogens is 444 g/mol. The summed E-state index contributed by atoms with van der Waals surface area (Å²) in [5.74, 6) is 0.112. The Balaban J connectivity index is 1.85. The third-order valence-electron chi connectivity index (χ3n) is 6.04. The third-order valence-corrected chi connectivity index (χ3v) is 6.04. The van der Waals surface area contributed by atoms with Crippen molar-refractivity contribution in [2.45, 2.75) is 26.4 Å². The highest BCUT2D eigenvalue weighted by Crippen LogP contribution is 2.40. The number of carbonyl (C=O) groups is 2. The lowest BCUT2D eigenvalue weighted by molar-refractivity contribution is -0.140.